The molecule has 2 aromatic heterocycles. The molecule has 4 rings (SSSR count). The Labute approximate surface area is 199 Å². The molecule has 4 aromatic rings. The van der Waals surface area contributed by atoms with Gasteiger partial charge in [0.1, 0.15) is 16.9 Å². The number of carbonyl (C=O) groups excluding carboxylic acids is 1. The number of methoxy groups -OCH3 is 2. The second-order valence-electron chi connectivity index (χ2n) is 8.20. The fourth-order valence-electron chi connectivity index (χ4n) is 4.11. The van der Waals surface area contributed by atoms with Crippen molar-refractivity contribution in [1.29, 1.82) is 0 Å². The number of unbranched alkanes of at least 4 members (excludes halogenated alkanes) is 2. The Kier molecular flexibility index (Phi) is 7.15. The van der Waals surface area contributed by atoms with Gasteiger partial charge in [-0.2, -0.15) is 0 Å². The minimum atomic E-state index is -0.215. The first-order valence-electron chi connectivity index (χ1n) is 11.6. The minimum Gasteiger partial charge on any atom is -0.493 e. The summed E-state index contributed by atoms with van der Waals surface area (Å²) in [5.41, 5.74) is 10.6. The molecule has 8 nitrogen and oxygen atoms in total. The Morgan fingerprint density at radius 2 is 1.76 bits per heavy atom. The topological polar surface area (TPSA) is 104 Å². The first-order valence-corrected chi connectivity index (χ1v) is 11.6. The molecule has 0 aliphatic carbocycles. The number of fused-ring (bicyclic) bond motifs is 2. The Balaban J connectivity index is 1.71. The maximum Gasteiger partial charge on any atom is 0.257 e. The van der Waals surface area contributed by atoms with Crippen LogP contribution in [0.4, 0.5) is 5.82 Å². The summed E-state index contributed by atoms with van der Waals surface area (Å²) < 4.78 is 12.6. The number of anilines is 1. The molecule has 2 aromatic carbocycles. The highest BCUT2D eigenvalue weighted by molar-refractivity contribution is 6.10. The normalized spacial score (nSPS) is 11.1. The van der Waals surface area contributed by atoms with Gasteiger partial charge in [0.25, 0.3) is 5.91 Å². The van der Waals surface area contributed by atoms with E-state index in [0.717, 1.165) is 35.9 Å². The lowest BCUT2D eigenvalue weighted by atomic mass is 10.1. The second kappa shape index (κ2) is 10.4. The maximum absolute atomic E-state index is 13.1. The van der Waals surface area contributed by atoms with E-state index in [4.69, 9.17) is 25.2 Å². The highest BCUT2D eigenvalue weighted by Crippen LogP contribution is 2.30. The number of carbonyl (C=O) groups is 1. The summed E-state index contributed by atoms with van der Waals surface area (Å²) in [6, 6.07) is 13.5. The van der Waals surface area contributed by atoms with Crippen LogP contribution in [0.3, 0.4) is 0 Å². The number of nitrogens with zero attached hydrogens (tertiary/aromatic N) is 3. The fraction of sp³-hybridized carbons (Fsp3) is 0.346. The third kappa shape index (κ3) is 4.62. The van der Waals surface area contributed by atoms with E-state index < -0.39 is 0 Å². The van der Waals surface area contributed by atoms with Crippen LogP contribution in [0.2, 0.25) is 0 Å². The number of nitrogen functional groups attached to an aromatic ring is 1. The van der Waals surface area contributed by atoms with E-state index in [1.807, 2.05) is 47.0 Å². The SMILES string of the molecule is CCCCCNC(=O)c1c(N)n(CCc2ccc(OC)c(OC)c2)c2nc3ccccc3nc12. The van der Waals surface area contributed by atoms with Gasteiger partial charge in [-0.1, -0.05) is 38.0 Å². The van der Waals surface area contributed by atoms with Crippen molar-refractivity contribution in [1.82, 2.24) is 19.9 Å². The van der Waals surface area contributed by atoms with Crippen LogP contribution in [0.5, 0.6) is 11.5 Å². The van der Waals surface area contributed by atoms with Crippen LogP contribution in [0.25, 0.3) is 22.2 Å². The highest BCUT2D eigenvalue weighted by atomic mass is 16.5. The molecular weight excluding hydrogens is 430 g/mol. The zero-order valence-corrected chi connectivity index (χ0v) is 19.9. The predicted octanol–water partition coefficient (Wildman–Crippen LogP) is 4.35. The molecule has 0 atom stereocenters. The molecule has 178 valence electrons. The van der Waals surface area contributed by atoms with Crippen LogP contribution in [0.15, 0.2) is 42.5 Å². The molecule has 2 heterocycles. The van der Waals surface area contributed by atoms with Gasteiger partial charge in [-0.3, -0.25) is 4.79 Å². The summed E-state index contributed by atoms with van der Waals surface area (Å²) in [5, 5.41) is 3.00. The number of aromatic nitrogens is 3. The number of hydrogen-bond donors (Lipinski definition) is 2. The van der Waals surface area contributed by atoms with Gasteiger partial charge in [0.2, 0.25) is 0 Å². The van der Waals surface area contributed by atoms with Gasteiger partial charge in [-0.05, 0) is 42.7 Å². The summed E-state index contributed by atoms with van der Waals surface area (Å²) in [6.45, 7) is 3.27. The number of amides is 1. The monoisotopic (exact) mass is 461 g/mol. The molecule has 0 saturated carbocycles. The first-order chi connectivity index (χ1) is 16.6. The Morgan fingerprint density at radius 1 is 1.03 bits per heavy atom. The number of rotatable bonds is 10. The van der Waals surface area contributed by atoms with E-state index in [9.17, 15) is 4.79 Å². The van der Waals surface area contributed by atoms with Gasteiger partial charge in [0.05, 0.1) is 25.3 Å². The average Bonchev–Trinajstić information content (AvgIpc) is 3.13. The van der Waals surface area contributed by atoms with Crippen molar-refractivity contribution in [3.63, 3.8) is 0 Å². The lowest BCUT2D eigenvalue weighted by Gasteiger charge is -2.11. The summed E-state index contributed by atoms with van der Waals surface area (Å²) in [6.07, 6.45) is 3.74. The largest absolute Gasteiger partial charge is 0.493 e. The molecule has 0 saturated heterocycles. The van der Waals surface area contributed by atoms with Gasteiger partial charge in [-0.15, -0.1) is 0 Å². The predicted molar refractivity (Wildman–Crippen MR) is 135 cm³/mol. The van der Waals surface area contributed by atoms with Gasteiger partial charge < -0.3 is 25.1 Å². The van der Waals surface area contributed by atoms with Gasteiger partial charge >= 0.3 is 0 Å². The first kappa shape index (κ1) is 23.4. The van der Waals surface area contributed by atoms with Crippen LogP contribution in [0.1, 0.15) is 42.1 Å². The lowest BCUT2D eigenvalue weighted by Crippen LogP contribution is -2.25. The summed E-state index contributed by atoms with van der Waals surface area (Å²) in [7, 11) is 3.23. The van der Waals surface area contributed by atoms with E-state index in [1.165, 1.54) is 0 Å². The average molecular weight is 462 g/mol. The van der Waals surface area contributed by atoms with E-state index in [2.05, 4.69) is 12.2 Å². The number of benzene rings is 2. The van der Waals surface area contributed by atoms with Crippen LogP contribution in [-0.4, -0.2) is 41.2 Å². The second-order valence-corrected chi connectivity index (χ2v) is 8.20. The van der Waals surface area contributed by atoms with Crippen molar-refractivity contribution in [3.8, 4) is 11.5 Å². The molecule has 0 aliphatic rings. The molecule has 0 fully saturated rings. The number of hydrogen-bond acceptors (Lipinski definition) is 6. The van der Waals surface area contributed by atoms with Crippen LogP contribution >= 0.6 is 0 Å². The van der Waals surface area contributed by atoms with Crippen molar-refractivity contribution in [2.75, 3.05) is 26.5 Å². The number of ether oxygens (including phenoxy) is 2. The van der Waals surface area contributed by atoms with Crippen molar-refractivity contribution in [2.24, 2.45) is 0 Å². The summed E-state index contributed by atoms with van der Waals surface area (Å²) in [5.74, 6) is 1.51. The third-order valence-electron chi connectivity index (χ3n) is 5.96. The van der Waals surface area contributed by atoms with Crippen molar-refractivity contribution in [2.45, 2.75) is 39.2 Å². The van der Waals surface area contributed by atoms with Crippen LogP contribution in [0, 0.1) is 0 Å². The molecule has 0 unspecified atom stereocenters. The molecule has 3 N–H and O–H groups in total. The number of aryl methyl sites for hydroxylation is 2. The molecular formula is C26H31N5O3. The van der Waals surface area contributed by atoms with Crippen LogP contribution < -0.4 is 20.5 Å². The zero-order chi connectivity index (χ0) is 24.1. The maximum atomic E-state index is 13.1. The summed E-state index contributed by atoms with van der Waals surface area (Å²) >= 11 is 0. The number of nitrogens with one attached hydrogen (secondary N) is 1. The van der Waals surface area contributed by atoms with E-state index in [1.54, 1.807) is 14.2 Å². The quantitative estimate of drug-likeness (QED) is 0.340. The van der Waals surface area contributed by atoms with Gasteiger partial charge in [0, 0.05) is 13.1 Å². The minimum absolute atomic E-state index is 0.215. The number of para-hydroxylation sites is 2. The third-order valence-corrected chi connectivity index (χ3v) is 5.96. The fourth-order valence-corrected chi connectivity index (χ4v) is 4.11. The van der Waals surface area contributed by atoms with Gasteiger partial charge in [-0.25, -0.2) is 9.97 Å². The Hall–Kier alpha value is -3.81. The molecule has 0 aliphatic heterocycles. The Bertz CT molecular complexity index is 1320. The Morgan fingerprint density at radius 3 is 2.47 bits per heavy atom. The van der Waals surface area contributed by atoms with Crippen molar-refractivity contribution in [3.05, 3.63) is 53.6 Å². The lowest BCUT2D eigenvalue weighted by molar-refractivity contribution is 0.0955. The highest BCUT2D eigenvalue weighted by Gasteiger charge is 2.23. The molecule has 34 heavy (non-hydrogen) atoms. The van der Waals surface area contributed by atoms with Crippen molar-refractivity contribution >= 4 is 33.9 Å². The smallest absolute Gasteiger partial charge is 0.257 e. The zero-order valence-electron chi connectivity index (χ0n) is 19.9. The molecule has 0 bridgehead atoms. The number of nitrogens with two attached hydrogens (primary N) is 1. The van der Waals surface area contributed by atoms with Gasteiger partial charge in [0.15, 0.2) is 17.1 Å². The van der Waals surface area contributed by atoms with Crippen LogP contribution in [-0.2, 0) is 13.0 Å². The molecule has 0 radical (unpaired) electrons. The summed E-state index contributed by atoms with van der Waals surface area (Å²) in [4.78, 5) is 22.7. The standard InChI is InChI=1S/C26H31N5O3/c1-4-5-8-14-28-26(32)22-23-25(30-19-10-7-6-9-18(19)29-23)31(24(22)27)15-13-17-11-12-20(33-2)21(16-17)34-3/h6-7,9-12,16H,4-5,8,13-15,27H2,1-3H3,(H,28,32). The molecule has 8 heteroatoms. The molecule has 0 spiro atoms. The van der Waals surface area contributed by atoms with E-state index in [0.29, 0.717) is 53.6 Å². The molecule has 1 amide bonds. The van der Waals surface area contributed by atoms with E-state index in [-0.39, 0.29) is 5.91 Å². The van der Waals surface area contributed by atoms with Crippen molar-refractivity contribution < 1.29 is 14.3 Å². The van der Waals surface area contributed by atoms with E-state index >= 15 is 0 Å².